The molecule has 3 heteroatoms. The van der Waals surface area contributed by atoms with Crippen LogP contribution in [0.2, 0.25) is 0 Å². The molecule has 1 N–H and O–H groups in total. The third-order valence-electron chi connectivity index (χ3n) is 5.69. The minimum Gasteiger partial charge on any atom is -0.508 e. The van der Waals surface area contributed by atoms with Crippen LogP contribution in [0.3, 0.4) is 0 Å². The molecule has 4 rings (SSSR count). The summed E-state index contributed by atoms with van der Waals surface area (Å²) in [5.41, 5.74) is 8.09. The Bertz CT molecular complexity index is 916. The first kappa shape index (κ1) is 17.9. The van der Waals surface area contributed by atoms with Crippen molar-refractivity contribution in [2.75, 3.05) is 6.54 Å². The number of benzene rings is 2. The van der Waals surface area contributed by atoms with E-state index in [1.165, 1.54) is 33.5 Å². The minimum absolute atomic E-state index is 0.247. The van der Waals surface area contributed by atoms with Gasteiger partial charge < -0.3 is 9.67 Å². The number of phenols is 1. The lowest BCUT2D eigenvalue weighted by molar-refractivity contribution is 0.219. The molecule has 0 bridgehead atoms. The van der Waals surface area contributed by atoms with Crippen molar-refractivity contribution in [2.24, 2.45) is 0 Å². The van der Waals surface area contributed by atoms with Crippen LogP contribution in [0.1, 0.15) is 46.0 Å². The molecular weight excluding hydrogens is 332 g/mol. The summed E-state index contributed by atoms with van der Waals surface area (Å²) in [5, 5.41) is 9.62. The standard InChI is InChI=1S/C24H28N2O/c1-17-14-18(2)23(19(3)15-17)24-22-6-4-11-25(22)12-5-13-26(24)16-20-7-9-21(27)10-8-20/h4,6-11,14-15,24,27H,5,12-13,16H2,1-3H3. The van der Waals surface area contributed by atoms with Crippen molar-refractivity contribution in [3.8, 4) is 5.75 Å². The van der Waals surface area contributed by atoms with Gasteiger partial charge in [-0.1, -0.05) is 29.8 Å². The van der Waals surface area contributed by atoms with E-state index in [0.717, 1.165) is 26.1 Å². The average molecular weight is 361 g/mol. The second-order valence-electron chi connectivity index (χ2n) is 7.83. The van der Waals surface area contributed by atoms with Crippen LogP contribution < -0.4 is 0 Å². The van der Waals surface area contributed by atoms with Gasteiger partial charge in [0, 0.05) is 31.5 Å². The molecule has 2 heterocycles. The first-order valence-corrected chi connectivity index (χ1v) is 9.77. The summed E-state index contributed by atoms with van der Waals surface area (Å²) in [6.07, 6.45) is 3.35. The number of phenolic OH excluding ortho intramolecular Hbond substituents is 1. The molecule has 0 spiro atoms. The molecule has 0 aliphatic carbocycles. The number of fused-ring (bicyclic) bond motifs is 1. The summed E-state index contributed by atoms with van der Waals surface area (Å²) in [6, 6.07) is 16.9. The Morgan fingerprint density at radius 3 is 2.37 bits per heavy atom. The number of hydrogen-bond donors (Lipinski definition) is 1. The maximum atomic E-state index is 9.62. The van der Waals surface area contributed by atoms with Crippen LogP contribution >= 0.6 is 0 Å². The molecule has 1 atom stereocenters. The third kappa shape index (κ3) is 3.52. The van der Waals surface area contributed by atoms with Crippen LogP contribution in [-0.2, 0) is 13.1 Å². The molecule has 3 aromatic rings. The van der Waals surface area contributed by atoms with E-state index in [2.05, 4.69) is 60.7 Å². The van der Waals surface area contributed by atoms with Gasteiger partial charge in [-0.2, -0.15) is 0 Å². The van der Waals surface area contributed by atoms with Gasteiger partial charge in [0.25, 0.3) is 0 Å². The molecular formula is C24H28N2O. The zero-order valence-electron chi connectivity index (χ0n) is 16.4. The number of aromatic hydroxyl groups is 1. The number of hydrogen-bond acceptors (Lipinski definition) is 2. The Balaban J connectivity index is 1.81. The van der Waals surface area contributed by atoms with Crippen molar-refractivity contribution < 1.29 is 5.11 Å². The molecule has 0 amide bonds. The molecule has 0 radical (unpaired) electrons. The fraction of sp³-hybridized carbons (Fsp3) is 0.333. The zero-order chi connectivity index (χ0) is 19.0. The maximum Gasteiger partial charge on any atom is 0.115 e. The lowest BCUT2D eigenvalue weighted by Crippen LogP contribution is -2.30. The fourth-order valence-corrected chi connectivity index (χ4v) is 4.60. The Labute approximate surface area is 161 Å². The smallest absolute Gasteiger partial charge is 0.115 e. The molecule has 1 unspecified atom stereocenters. The van der Waals surface area contributed by atoms with Gasteiger partial charge >= 0.3 is 0 Å². The molecule has 140 valence electrons. The number of rotatable bonds is 3. The lowest BCUT2D eigenvalue weighted by Gasteiger charge is -2.33. The highest BCUT2D eigenvalue weighted by molar-refractivity contribution is 5.43. The van der Waals surface area contributed by atoms with Crippen molar-refractivity contribution in [1.29, 1.82) is 0 Å². The number of aromatic nitrogens is 1. The van der Waals surface area contributed by atoms with E-state index in [1.54, 1.807) is 12.1 Å². The Morgan fingerprint density at radius 1 is 0.963 bits per heavy atom. The second kappa shape index (κ2) is 7.24. The van der Waals surface area contributed by atoms with Crippen LogP contribution in [0.15, 0.2) is 54.7 Å². The van der Waals surface area contributed by atoms with Crippen LogP contribution in [-0.4, -0.2) is 21.1 Å². The highest BCUT2D eigenvalue weighted by atomic mass is 16.3. The fourth-order valence-electron chi connectivity index (χ4n) is 4.60. The molecule has 2 aromatic carbocycles. The van der Waals surface area contributed by atoms with Crippen LogP contribution in [0.25, 0.3) is 0 Å². The normalized spacial score (nSPS) is 17.5. The van der Waals surface area contributed by atoms with Gasteiger partial charge in [-0.3, -0.25) is 4.90 Å². The highest BCUT2D eigenvalue weighted by Gasteiger charge is 2.29. The minimum atomic E-state index is 0.247. The molecule has 0 saturated heterocycles. The van der Waals surface area contributed by atoms with Gasteiger partial charge in [0.05, 0.1) is 6.04 Å². The van der Waals surface area contributed by atoms with E-state index in [-0.39, 0.29) is 6.04 Å². The Kier molecular flexibility index (Phi) is 4.79. The van der Waals surface area contributed by atoms with Gasteiger partial charge in [0.2, 0.25) is 0 Å². The highest BCUT2D eigenvalue weighted by Crippen LogP contribution is 2.37. The first-order chi connectivity index (χ1) is 13.0. The summed E-state index contributed by atoms with van der Waals surface area (Å²) in [7, 11) is 0. The van der Waals surface area contributed by atoms with Crippen LogP contribution in [0.5, 0.6) is 5.75 Å². The van der Waals surface area contributed by atoms with Gasteiger partial charge in [-0.15, -0.1) is 0 Å². The largest absolute Gasteiger partial charge is 0.508 e. The molecule has 1 aromatic heterocycles. The SMILES string of the molecule is Cc1cc(C)c(C2c3cccn3CCCN2Cc2ccc(O)cc2)c(C)c1. The van der Waals surface area contributed by atoms with Gasteiger partial charge in [0.1, 0.15) is 5.75 Å². The molecule has 27 heavy (non-hydrogen) atoms. The van der Waals surface area contributed by atoms with E-state index in [0.29, 0.717) is 5.75 Å². The van der Waals surface area contributed by atoms with E-state index < -0.39 is 0 Å². The average Bonchev–Trinajstić information content (AvgIpc) is 3.01. The van der Waals surface area contributed by atoms with Crippen molar-refractivity contribution >= 4 is 0 Å². The zero-order valence-corrected chi connectivity index (χ0v) is 16.4. The quantitative estimate of drug-likeness (QED) is 0.703. The monoisotopic (exact) mass is 360 g/mol. The van der Waals surface area contributed by atoms with Crippen molar-refractivity contribution in [3.05, 3.63) is 88.2 Å². The number of aryl methyl sites for hydroxylation is 4. The van der Waals surface area contributed by atoms with E-state index in [9.17, 15) is 5.11 Å². The predicted octanol–water partition coefficient (Wildman–Crippen LogP) is 5.11. The Morgan fingerprint density at radius 2 is 1.67 bits per heavy atom. The second-order valence-corrected chi connectivity index (χ2v) is 7.83. The van der Waals surface area contributed by atoms with Gasteiger partial charge in [0.15, 0.2) is 0 Å². The summed E-state index contributed by atoms with van der Waals surface area (Å²) >= 11 is 0. The van der Waals surface area contributed by atoms with Crippen molar-refractivity contribution in [1.82, 2.24) is 9.47 Å². The van der Waals surface area contributed by atoms with Crippen molar-refractivity contribution in [3.63, 3.8) is 0 Å². The number of nitrogens with zero attached hydrogens (tertiary/aromatic N) is 2. The summed E-state index contributed by atoms with van der Waals surface area (Å²) in [6.45, 7) is 9.66. The Hall–Kier alpha value is -2.52. The molecule has 1 aliphatic heterocycles. The maximum absolute atomic E-state index is 9.62. The first-order valence-electron chi connectivity index (χ1n) is 9.77. The van der Waals surface area contributed by atoms with Crippen molar-refractivity contribution in [2.45, 2.75) is 46.3 Å². The predicted molar refractivity (Wildman–Crippen MR) is 110 cm³/mol. The molecule has 3 nitrogen and oxygen atoms in total. The summed E-state index contributed by atoms with van der Waals surface area (Å²) in [4.78, 5) is 2.59. The van der Waals surface area contributed by atoms with Gasteiger partial charge in [-0.05, 0) is 73.7 Å². The van der Waals surface area contributed by atoms with Crippen LogP contribution in [0, 0.1) is 20.8 Å². The van der Waals surface area contributed by atoms with E-state index >= 15 is 0 Å². The molecule has 1 aliphatic rings. The molecule has 0 fully saturated rings. The van der Waals surface area contributed by atoms with E-state index in [4.69, 9.17) is 0 Å². The summed E-state index contributed by atoms with van der Waals surface area (Å²) in [5.74, 6) is 0.324. The third-order valence-corrected chi connectivity index (χ3v) is 5.69. The van der Waals surface area contributed by atoms with Gasteiger partial charge in [-0.25, -0.2) is 0 Å². The summed E-state index contributed by atoms with van der Waals surface area (Å²) < 4.78 is 2.42. The van der Waals surface area contributed by atoms with E-state index in [1.807, 2.05) is 12.1 Å². The topological polar surface area (TPSA) is 28.4 Å². The van der Waals surface area contributed by atoms with Crippen LogP contribution in [0.4, 0.5) is 0 Å². The molecule has 0 saturated carbocycles. The lowest BCUT2D eigenvalue weighted by atomic mass is 9.91.